The molecule has 0 bridgehead atoms. The number of carbonyl (C=O) groups excluding carboxylic acids is 1. The number of thioether (sulfide) groups is 1. The molecule has 1 atom stereocenters. The predicted octanol–water partition coefficient (Wildman–Crippen LogP) is 2.12. The Labute approximate surface area is 119 Å². The van der Waals surface area contributed by atoms with Crippen molar-refractivity contribution in [3.63, 3.8) is 0 Å². The molecule has 1 fully saturated rings. The van der Waals surface area contributed by atoms with Crippen LogP contribution in [0.2, 0.25) is 0 Å². The summed E-state index contributed by atoms with van der Waals surface area (Å²) in [6, 6.07) is -0.913. The first kappa shape index (κ1) is 16.1. The SMILES string of the molecule is CCC(C(=O)O)N(C)C(=O)N1CCSC(C)(C)CC1. The summed E-state index contributed by atoms with van der Waals surface area (Å²) in [4.78, 5) is 26.6. The number of aliphatic carboxylic acids is 1. The third-order valence-electron chi connectivity index (χ3n) is 3.55. The van der Waals surface area contributed by atoms with Crippen LogP contribution in [0, 0.1) is 0 Å². The summed E-state index contributed by atoms with van der Waals surface area (Å²) < 4.78 is 0.185. The Balaban J connectivity index is 2.69. The Bertz CT molecular complexity index is 347. The minimum Gasteiger partial charge on any atom is -0.480 e. The van der Waals surface area contributed by atoms with Crippen LogP contribution in [-0.2, 0) is 4.79 Å². The number of urea groups is 1. The monoisotopic (exact) mass is 288 g/mol. The molecule has 1 aliphatic rings. The molecule has 0 aromatic carbocycles. The molecule has 5 nitrogen and oxygen atoms in total. The molecule has 6 heteroatoms. The summed E-state index contributed by atoms with van der Waals surface area (Å²) in [7, 11) is 1.58. The molecular weight excluding hydrogens is 264 g/mol. The Morgan fingerprint density at radius 2 is 2.05 bits per heavy atom. The van der Waals surface area contributed by atoms with Gasteiger partial charge in [-0.1, -0.05) is 20.8 Å². The van der Waals surface area contributed by atoms with Crippen LogP contribution < -0.4 is 0 Å². The fourth-order valence-electron chi connectivity index (χ4n) is 2.18. The zero-order valence-corrected chi connectivity index (χ0v) is 13.0. The van der Waals surface area contributed by atoms with E-state index in [1.807, 2.05) is 11.8 Å². The average Bonchev–Trinajstić information content (AvgIpc) is 2.49. The first-order valence-corrected chi connectivity index (χ1v) is 7.65. The number of carboxylic acids is 1. The molecule has 1 unspecified atom stereocenters. The second kappa shape index (κ2) is 6.50. The van der Waals surface area contributed by atoms with E-state index in [2.05, 4.69) is 13.8 Å². The molecule has 2 amide bonds. The van der Waals surface area contributed by atoms with Crippen LogP contribution in [0.4, 0.5) is 4.79 Å². The first-order valence-electron chi connectivity index (χ1n) is 6.67. The predicted molar refractivity (Wildman–Crippen MR) is 77.6 cm³/mol. The molecule has 1 rings (SSSR count). The Kier molecular flexibility index (Phi) is 5.52. The van der Waals surface area contributed by atoms with Gasteiger partial charge in [0.25, 0.3) is 0 Å². The lowest BCUT2D eigenvalue weighted by atomic mass is 10.1. The smallest absolute Gasteiger partial charge is 0.326 e. The van der Waals surface area contributed by atoms with Gasteiger partial charge in [0.05, 0.1) is 0 Å². The molecule has 0 aliphatic carbocycles. The van der Waals surface area contributed by atoms with Crippen molar-refractivity contribution in [1.82, 2.24) is 9.80 Å². The second-order valence-corrected chi connectivity index (χ2v) is 7.30. The standard InChI is InChI=1S/C13H24N2O3S/c1-5-10(11(16)17)14(4)12(18)15-7-6-13(2,3)19-9-8-15/h10H,5-9H2,1-4H3,(H,16,17). The Morgan fingerprint density at radius 1 is 1.42 bits per heavy atom. The normalized spacial score (nSPS) is 20.5. The van der Waals surface area contributed by atoms with Crippen LogP contribution in [0.5, 0.6) is 0 Å². The van der Waals surface area contributed by atoms with Gasteiger partial charge in [-0.05, 0) is 12.8 Å². The summed E-state index contributed by atoms with van der Waals surface area (Å²) in [6.45, 7) is 7.53. The van der Waals surface area contributed by atoms with E-state index >= 15 is 0 Å². The van der Waals surface area contributed by atoms with Crippen molar-refractivity contribution in [2.24, 2.45) is 0 Å². The van der Waals surface area contributed by atoms with Crippen LogP contribution >= 0.6 is 11.8 Å². The minimum absolute atomic E-state index is 0.174. The van der Waals surface area contributed by atoms with E-state index in [0.717, 1.165) is 12.2 Å². The van der Waals surface area contributed by atoms with Crippen molar-refractivity contribution in [3.8, 4) is 0 Å². The third-order valence-corrected chi connectivity index (χ3v) is 4.92. The van der Waals surface area contributed by atoms with E-state index in [1.165, 1.54) is 4.90 Å². The molecule has 0 spiro atoms. The number of amides is 2. The number of likely N-dealkylation sites (N-methyl/N-ethyl adjacent to an activating group) is 1. The van der Waals surface area contributed by atoms with E-state index in [0.29, 0.717) is 19.5 Å². The molecule has 1 heterocycles. The van der Waals surface area contributed by atoms with Crippen molar-refractivity contribution in [1.29, 1.82) is 0 Å². The van der Waals surface area contributed by atoms with Gasteiger partial charge in [0.2, 0.25) is 0 Å². The van der Waals surface area contributed by atoms with Crippen LogP contribution in [0.1, 0.15) is 33.6 Å². The molecule has 1 saturated heterocycles. The number of carboxylic acid groups (broad SMARTS) is 1. The van der Waals surface area contributed by atoms with Gasteiger partial charge in [-0.2, -0.15) is 11.8 Å². The molecule has 0 saturated carbocycles. The van der Waals surface area contributed by atoms with E-state index < -0.39 is 12.0 Å². The van der Waals surface area contributed by atoms with Crippen molar-refractivity contribution >= 4 is 23.8 Å². The van der Waals surface area contributed by atoms with Gasteiger partial charge in [-0.25, -0.2) is 9.59 Å². The average molecular weight is 288 g/mol. The fourth-order valence-corrected chi connectivity index (χ4v) is 3.28. The summed E-state index contributed by atoms with van der Waals surface area (Å²) in [5.74, 6) is -0.0425. The summed E-state index contributed by atoms with van der Waals surface area (Å²) in [5, 5.41) is 9.11. The van der Waals surface area contributed by atoms with E-state index in [9.17, 15) is 9.59 Å². The highest BCUT2D eigenvalue weighted by molar-refractivity contribution is 8.00. The van der Waals surface area contributed by atoms with E-state index in [1.54, 1.807) is 18.9 Å². The zero-order valence-electron chi connectivity index (χ0n) is 12.2. The number of hydrogen-bond acceptors (Lipinski definition) is 3. The topological polar surface area (TPSA) is 60.9 Å². The first-order chi connectivity index (χ1) is 8.78. The van der Waals surface area contributed by atoms with Crippen molar-refractivity contribution in [2.75, 3.05) is 25.9 Å². The van der Waals surface area contributed by atoms with Crippen molar-refractivity contribution in [2.45, 2.75) is 44.4 Å². The van der Waals surface area contributed by atoms with Gasteiger partial charge >= 0.3 is 12.0 Å². The largest absolute Gasteiger partial charge is 0.480 e. The molecular formula is C13H24N2O3S. The summed E-state index contributed by atoms with van der Waals surface area (Å²) in [5.41, 5.74) is 0. The molecule has 0 aromatic heterocycles. The van der Waals surface area contributed by atoms with Gasteiger partial charge in [-0.3, -0.25) is 0 Å². The van der Waals surface area contributed by atoms with Gasteiger partial charge in [0.15, 0.2) is 0 Å². The van der Waals surface area contributed by atoms with Crippen molar-refractivity contribution < 1.29 is 14.7 Å². The molecule has 110 valence electrons. The van der Waals surface area contributed by atoms with Gasteiger partial charge in [0.1, 0.15) is 6.04 Å². The van der Waals surface area contributed by atoms with Crippen LogP contribution in [-0.4, -0.2) is 63.6 Å². The maximum Gasteiger partial charge on any atom is 0.326 e. The lowest BCUT2D eigenvalue weighted by Crippen LogP contribution is -2.49. The zero-order chi connectivity index (χ0) is 14.6. The number of hydrogen-bond donors (Lipinski definition) is 1. The van der Waals surface area contributed by atoms with Crippen molar-refractivity contribution in [3.05, 3.63) is 0 Å². The molecule has 19 heavy (non-hydrogen) atoms. The molecule has 1 N–H and O–H groups in total. The molecule has 0 aromatic rings. The highest BCUT2D eigenvalue weighted by Gasteiger charge is 2.31. The quantitative estimate of drug-likeness (QED) is 0.864. The van der Waals surface area contributed by atoms with Gasteiger partial charge in [-0.15, -0.1) is 0 Å². The lowest BCUT2D eigenvalue weighted by Gasteiger charge is -2.30. The van der Waals surface area contributed by atoms with E-state index in [-0.39, 0.29) is 10.8 Å². The Hall–Kier alpha value is -0.910. The maximum atomic E-state index is 12.3. The summed E-state index contributed by atoms with van der Waals surface area (Å²) >= 11 is 1.87. The van der Waals surface area contributed by atoms with E-state index in [4.69, 9.17) is 5.11 Å². The van der Waals surface area contributed by atoms with Crippen LogP contribution in [0.25, 0.3) is 0 Å². The van der Waals surface area contributed by atoms with Crippen LogP contribution in [0.3, 0.4) is 0 Å². The third kappa shape index (κ3) is 4.30. The highest BCUT2D eigenvalue weighted by atomic mass is 32.2. The maximum absolute atomic E-state index is 12.3. The molecule has 1 aliphatic heterocycles. The lowest BCUT2D eigenvalue weighted by molar-refractivity contribution is -0.142. The summed E-state index contributed by atoms with van der Waals surface area (Å²) in [6.07, 6.45) is 1.35. The highest BCUT2D eigenvalue weighted by Crippen LogP contribution is 2.30. The fraction of sp³-hybridized carbons (Fsp3) is 0.846. The Morgan fingerprint density at radius 3 is 2.58 bits per heavy atom. The number of nitrogens with zero attached hydrogens (tertiary/aromatic N) is 2. The minimum atomic E-state index is -0.942. The number of carbonyl (C=O) groups is 2. The molecule has 0 radical (unpaired) electrons. The van der Waals surface area contributed by atoms with Gasteiger partial charge in [0, 0.05) is 30.6 Å². The second-order valence-electron chi connectivity index (χ2n) is 5.50. The van der Waals surface area contributed by atoms with Gasteiger partial charge < -0.3 is 14.9 Å². The van der Waals surface area contributed by atoms with Crippen LogP contribution in [0.15, 0.2) is 0 Å². The number of rotatable bonds is 3.